The standard InChI is InChI=1S/C51H90O6/c1-4-7-10-13-16-19-22-25-26-27-30-32-35-38-41-44-50(53)56-47-48(57-51(54)45-42-39-36-33-29-24-21-18-15-12-9-6-3)46-55-49(52)43-40-37-34-31-28-23-20-17-14-11-8-5-2/h9,12,17-22,48H,4-8,10-11,13-16,23-47H2,1-3H3/b12-9-,20-17-,21-18-,22-19-. The summed E-state index contributed by atoms with van der Waals surface area (Å²) in [5, 5.41) is 0. The molecule has 1 unspecified atom stereocenters. The highest BCUT2D eigenvalue weighted by molar-refractivity contribution is 5.71. The number of esters is 3. The van der Waals surface area contributed by atoms with Gasteiger partial charge in [-0.25, -0.2) is 0 Å². The normalized spacial score (nSPS) is 12.4. The van der Waals surface area contributed by atoms with Gasteiger partial charge in [0.15, 0.2) is 6.10 Å². The molecule has 0 amide bonds. The molecule has 0 rings (SSSR count). The van der Waals surface area contributed by atoms with E-state index in [9.17, 15) is 14.4 Å². The average molecular weight is 799 g/mol. The molecule has 57 heavy (non-hydrogen) atoms. The van der Waals surface area contributed by atoms with Crippen molar-refractivity contribution >= 4 is 17.9 Å². The van der Waals surface area contributed by atoms with Crippen molar-refractivity contribution in [2.45, 2.75) is 245 Å². The first kappa shape index (κ1) is 54.4. The van der Waals surface area contributed by atoms with E-state index in [1.807, 2.05) is 0 Å². The second-order valence-electron chi connectivity index (χ2n) is 16.0. The Morgan fingerprint density at radius 1 is 0.368 bits per heavy atom. The topological polar surface area (TPSA) is 78.9 Å². The van der Waals surface area contributed by atoms with Crippen LogP contribution in [0.25, 0.3) is 0 Å². The molecule has 0 saturated carbocycles. The van der Waals surface area contributed by atoms with Gasteiger partial charge >= 0.3 is 17.9 Å². The van der Waals surface area contributed by atoms with Gasteiger partial charge in [0.25, 0.3) is 0 Å². The van der Waals surface area contributed by atoms with Crippen LogP contribution in [-0.4, -0.2) is 37.2 Å². The van der Waals surface area contributed by atoms with Crippen molar-refractivity contribution in [2.24, 2.45) is 0 Å². The van der Waals surface area contributed by atoms with Crippen molar-refractivity contribution in [3.8, 4) is 0 Å². The molecule has 1 atom stereocenters. The number of allylic oxidation sites excluding steroid dienone is 8. The van der Waals surface area contributed by atoms with E-state index < -0.39 is 6.10 Å². The zero-order valence-corrected chi connectivity index (χ0v) is 37.6. The quantitative estimate of drug-likeness (QED) is 0.0265. The fourth-order valence-electron chi connectivity index (χ4n) is 6.64. The molecular weight excluding hydrogens is 709 g/mol. The molecule has 0 aliphatic heterocycles. The second-order valence-corrected chi connectivity index (χ2v) is 16.0. The van der Waals surface area contributed by atoms with Crippen LogP contribution in [-0.2, 0) is 28.6 Å². The highest BCUT2D eigenvalue weighted by Crippen LogP contribution is 2.14. The van der Waals surface area contributed by atoms with Crippen LogP contribution < -0.4 is 0 Å². The van der Waals surface area contributed by atoms with E-state index in [1.165, 1.54) is 103 Å². The van der Waals surface area contributed by atoms with Crippen LogP contribution in [0.1, 0.15) is 239 Å². The Hall–Kier alpha value is -2.63. The average Bonchev–Trinajstić information content (AvgIpc) is 3.21. The Kier molecular flexibility index (Phi) is 43.9. The maximum atomic E-state index is 12.7. The lowest BCUT2D eigenvalue weighted by molar-refractivity contribution is -0.167. The molecule has 330 valence electrons. The highest BCUT2D eigenvalue weighted by atomic mass is 16.6. The number of carbonyl (C=O) groups excluding carboxylic acids is 3. The van der Waals surface area contributed by atoms with Gasteiger partial charge in [-0.2, -0.15) is 0 Å². The van der Waals surface area contributed by atoms with E-state index in [-0.39, 0.29) is 31.1 Å². The van der Waals surface area contributed by atoms with Crippen molar-refractivity contribution < 1.29 is 28.6 Å². The number of carbonyl (C=O) groups is 3. The molecule has 6 heteroatoms. The summed E-state index contributed by atoms with van der Waals surface area (Å²) in [4.78, 5) is 37.8. The van der Waals surface area contributed by atoms with E-state index in [4.69, 9.17) is 14.2 Å². The molecule has 0 heterocycles. The molecular formula is C51H90O6. The molecule has 0 spiro atoms. The van der Waals surface area contributed by atoms with Crippen LogP contribution in [0.5, 0.6) is 0 Å². The van der Waals surface area contributed by atoms with E-state index in [1.54, 1.807) is 0 Å². The van der Waals surface area contributed by atoms with Crippen LogP contribution in [0.2, 0.25) is 0 Å². The summed E-state index contributed by atoms with van der Waals surface area (Å²) < 4.78 is 16.7. The molecule has 0 bridgehead atoms. The van der Waals surface area contributed by atoms with Gasteiger partial charge in [0.05, 0.1) is 0 Å². The van der Waals surface area contributed by atoms with Gasteiger partial charge in [0, 0.05) is 19.3 Å². The molecule has 0 aromatic carbocycles. The largest absolute Gasteiger partial charge is 0.462 e. The summed E-state index contributed by atoms with van der Waals surface area (Å²) >= 11 is 0. The molecule has 0 radical (unpaired) electrons. The van der Waals surface area contributed by atoms with E-state index in [0.717, 1.165) is 96.3 Å². The van der Waals surface area contributed by atoms with Gasteiger partial charge in [-0.05, 0) is 96.3 Å². The molecule has 0 aromatic rings. The first-order valence-corrected chi connectivity index (χ1v) is 24.1. The first-order valence-electron chi connectivity index (χ1n) is 24.1. The van der Waals surface area contributed by atoms with Gasteiger partial charge in [-0.15, -0.1) is 0 Å². The summed E-state index contributed by atoms with van der Waals surface area (Å²) in [5.41, 5.74) is 0. The minimum atomic E-state index is -0.782. The van der Waals surface area contributed by atoms with E-state index in [0.29, 0.717) is 19.3 Å². The van der Waals surface area contributed by atoms with Gasteiger partial charge in [-0.1, -0.05) is 172 Å². The van der Waals surface area contributed by atoms with Crippen molar-refractivity contribution in [3.63, 3.8) is 0 Å². The van der Waals surface area contributed by atoms with Crippen LogP contribution in [0.4, 0.5) is 0 Å². The molecule has 0 fully saturated rings. The summed E-state index contributed by atoms with van der Waals surface area (Å²) in [7, 11) is 0. The van der Waals surface area contributed by atoms with Crippen LogP contribution in [0.3, 0.4) is 0 Å². The predicted molar refractivity (Wildman–Crippen MR) is 242 cm³/mol. The molecule has 0 saturated heterocycles. The van der Waals surface area contributed by atoms with Crippen LogP contribution >= 0.6 is 0 Å². The maximum absolute atomic E-state index is 12.7. The molecule has 0 aliphatic rings. The lowest BCUT2D eigenvalue weighted by Gasteiger charge is -2.18. The van der Waals surface area contributed by atoms with Crippen molar-refractivity contribution in [2.75, 3.05) is 13.2 Å². The Morgan fingerprint density at radius 3 is 1.11 bits per heavy atom. The smallest absolute Gasteiger partial charge is 0.306 e. The Bertz CT molecular complexity index is 1010. The number of unbranched alkanes of at least 4 members (excludes halogenated alkanes) is 24. The van der Waals surface area contributed by atoms with Gasteiger partial charge < -0.3 is 14.2 Å². The SMILES string of the molecule is CC/C=C\C/C=C\CCCCCCCC(=O)OC(COC(=O)CCCCCCC/C=C\CCCCC)COC(=O)CCCCCCCCC/C=C\CCCCCC. The predicted octanol–water partition coefficient (Wildman–Crippen LogP) is 15.5. The monoisotopic (exact) mass is 799 g/mol. The number of hydrogen-bond donors (Lipinski definition) is 0. The molecule has 0 aliphatic carbocycles. The maximum Gasteiger partial charge on any atom is 0.306 e. The summed E-state index contributed by atoms with van der Waals surface area (Å²) in [6.07, 6.45) is 53.7. The van der Waals surface area contributed by atoms with Gasteiger partial charge in [-0.3, -0.25) is 14.4 Å². The Labute approximate surface area is 352 Å². The molecule has 0 N–H and O–H groups in total. The van der Waals surface area contributed by atoms with Crippen molar-refractivity contribution in [3.05, 3.63) is 48.6 Å². The van der Waals surface area contributed by atoms with E-state index >= 15 is 0 Å². The first-order chi connectivity index (χ1) is 28.0. The molecule has 0 aromatic heterocycles. The third-order valence-electron chi connectivity index (χ3n) is 10.3. The zero-order valence-electron chi connectivity index (χ0n) is 37.6. The number of rotatable bonds is 43. The second kappa shape index (κ2) is 46.1. The zero-order chi connectivity index (χ0) is 41.5. The van der Waals surface area contributed by atoms with E-state index in [2.05, 4.69) is 69.4 Å². The summed E-state index contributed by atoms with van der Waals surface area (Å²) in [6.45, 7) is 6.47. The van der Waals surface area contributed by atoms with Gasteiger partial charge in [0.2, 0.25) is 0 Å². The number of ether oxygens (including phenoxy) is 3. The van der Waals surface area contributed by atoms with Gasteiger partial charge in [0.1, 0.15) is 13.2 Å². The highest BCUT2D eigenvalue weighted by Gasteiger charge is 2.19. The third-order valence-corrected chi connectivity index (χ3v) is 10.3. The summed E-state index contributed by atoms with van der Waals surface area (Å²) in [6, 6.07) is 0. The lowest BCUT2D eigenvalue weighted by atomic mass is 10.1. The molecule has 6 nitrogen and oxygen atoms in total. The van der Waals surface area contributed by atoms with Crippen LogP contribution in [0.15, 0.2) is 48.6 Å². The van der Waals surface area contributed by atoms with Crippen LogP contribution in [0, 0.1) is 0 Å². The van der Waals surface area contributed by atoms with Crippen molar-refractivity contribution in [1.82, 2.24) is 0 Å². The third kappa shape index (κ3) is 44.3. The Morgan fingerprint density at radius 2 is 0.684 bits per heavy atom. The minimum Gasteiger partial charge on any atom is -0.462 e. The lowest BCUT2D eigenvalue weighted by Crippen LogP contribution is -2.30. The minimum absolute atomic E-state index is 0.0835. The number of hydrogen-bond acceptors (Lipinski definition) is 6. The van der Waals surface area contributed by atoms with Crippen molar-refractivity contribution in [1.29, 1.82) is 0 Å². The Balaban J connectivity index is 4.39. The fraction of sp³-hybridized carbons (Fsp3) is 0.784. The fourth-order valence-corrected chi connectivity index (χ4v) is 6.64. The summed E-state index contributed by atoms with van der Waals surface area (Å²) in [5.74, 6) is -0.911.